The van der Waals surface area contributed by atoms with Crippen molar-refractivity contribution in [3.05, 3.63) is 41.0 Å². The molecule has 92 valence electrons. The van der Waals surface area contributed by atoms with Gasteiger partial charge in [0.25, 0.3) is 0 Å². The maximum absolute atomic E-state index is 11.5. The van der Waals surface area contributed by atoms with E-state index in [1.54, 1.807) is 12.3 Å². The number of carbonyl (C=O) groups is 1. The van der Waals surface area contributed by atoms with Gasteiger partial charge in [0, 0.05) is 16.6 Å². The maximum atomic E-state index is 11.5. The van der Waals surface area contributed by atoms with E-state index in [0.29, 0.717) is 17.9 Å². The van der Waals surface area contributed by atoms with E-state index in [1.807, 2.05) is 18.2 Å². The number of nitrogens with zero attached hydrogens (tertiary/aromatic N) is 1. The summed E-state index contributed by atoms with van der Waals surface area (Å²) in [6.45, 7) is 0. The van der Waals surface area contributed by atoms with Crippen LogP contribution in [0.4, 0.5) is 0 Å². The van der Waals surface area contributed by atoms with Gasteiger partial charge in [-0.15, -0.1) is 0 Å². The standard InChI is InChI=1S/C14H12ClNO2/c15-11-2-3-12-9(7-11)6-10(8-16-12)14(13(17)18)4-1-5-14/h2-3,6-8H,1,4-5H2,(H,17,18). The summed E-state index contributed by atoms with van der Waals surface area (Å²) in [5, 5.41) is 10.9. The van der Waals surface area contributed by atoms with E-state index in [2.05, 4.69) is 4.98 Å². The van der Waals surface area contributed by atoms with Crippen molar-refractivity contribution in [2.45, 2.75) is 24.7 Å². The Morgan fingerprint density at radius 1 is 1.33 bits per heavy atom. The number of pyridine rings is 1. The quantitative estimate of drug-likeness (QED) is 0.901. The van der Waals surface area contributed by atoms with Crippen LogP contribution in [0.2, 0.25) is 5.02 Å². The number of carboxylic acids is 1. The van der Waals surface area contributed by atoms with Gasteiger partial charge in [0.05, 0.1) is 10.9 Å². The Bertz CT molecular complexity index is 635. The molecule has 1 aliphatic carbocycles. The molecule has 0 spiro atoms. The van der Waals surface area contributed by atoms with E-state index in [1.165, 1.54) is 0 Å². The van der Waals surface area contributed by atoms with Gasteiger partial charge in [-0.2, -0.15) is 0 Å². The summed E-state index contributed by atoms with van der Waals surface area (Å²) in [7, 11) is 0. The van der Waals surface area contributed by atoms with Crippen molar-refractivity contribution < 1.29 is 9.90 Å². The fourth-order valence-electron chi connectivity index (χ4n) is 2.52. The molecule has 3 nitrogen and oxygen atoms in total. The fourth-order valence-corrected chi connectivity index (χ4v) is 2.70. The van der Waals surface area contributed by atoms with Crippen molar-refractivity contribution in [3.63, 3.8) is 0 Å². The van der Waals surface area contributed by atoms with Gasteiger partial charge >= 0.3 is 5.97 Å². The zero-order valence-electron chi connectivity index (χ0n) is 9.69. The molecule has 18 heavy (non-hydrogen) atoms. The Balaban J connectivity index is 2.15. The van der Waals surface area contributed by atoms with Crippen molar-refractivity contribution in [3.8, 4) is 0 Å². The minimum Gasteiger partial charge on any atom is -0.481 e. The smallest absolute Gasteiger partial charge is 0.314 e. The number of aromatic nitrogens is 1. The third-order valence-corrected chi connectivity index (χ3v) is 4.05. The van der Waals surface area contributed by atoms with Crippen molar-refractivity contribution in [2.75, 3.05) is 0 Å². The van der Waals surface area contributed by atoms with E-state index in [0.717, 1.165) is 22.9 Å². The Morgan fingerprint density at radius 3 is 2.72 bits per heavy atom. The van der Waals surface area contributed by atoms with Crippen LogP contribution in [0.3, 0.4) is 0 Å². The first-order valence-corrected chi connectivity index (χ1v) is 6.29. The highest BCUT2D eigenvalue weighted by atomic mass is 35.5. The topological polar surface area (TPSA) is 50.2 Å². The van der Waals surface area contributed by atoms with Crippen LogP contribution in [0.25, 0.3) is 10.9 Å². The molecule has 0 amide bonds. The van der Waals surface area contributed by atoms with Gasteiger partial charge in [0.2, 0.25) is 0 Å². The number of halogens is 1. The number of fused-ring (bicyclic) bond motifs is 1. The minimum atomic E-state index is -0.753. The molecule has 1 aliphatic rings. The summed E-state index contributed by atoms with van der Waals surface area (Å²) in [6.07, 6.45) is 4.02. The van der Waals surface area contributed by atoms with E-state index in [4.69, 9.17) is 11.6 Å². The van der Waals surface area contributed by atoms with Gasteiger partial charge in [0.15, 0.2) is 0 Å². The van der Waals surface area contributed by atoms with Crippen molar-refractivity contribution in [2.24, 2.45) is 0 Å². The molecule has 4 heteroatoms. The number of rotatable bonds is 2. The third-order valence-electron chi connectivity index (χ3n) is 3.81. The number of aliphatic carboxylic acids is 1. The van der Waals surface area contributed by atoms with Gasteiger partial charge in [-0.3, -0.25) is 9.78 Å². The lowest BCUT2D eigenvalue weighted by Gasteiger charge is -2.37. The van der Waals surface area contributed by atoms with E-state index in [9.17, 15) is 9.90 Å². The van der Waals surface area contributed by atoms with Crippen LogP contribution in [-0.4, -0.2) is 16.1 Å². The van der Waals surface area contributed by atoms with Gasteiger partial charge < -0.3 is 5.11 Å². The van der Waals surface area contributed by atoms with Crippen LogP contribution in [0, 0.1) is 0 Å². The molecule has 0 unspecified atom stereocenters. The van der Waals surface area contributed by atoms with E-state index in [-0.39, 0.29) is 0 Å². The van der Waals surface area contributed by atoms with Gasteiger partial charge in [-0.25, -0.2) is 0 Å². The Kier molecular flexibility index (Phi) is 2.52. The maximum Gasteiger partial charge on any atom is 0.314 e. The predicted octanol–water partition coefficient (Wildman–Crippen LogP) is 3.39. The molecule has 3 rings (SSSR count). The molecule has 1 fully saturated rings. The summed E-state index contributed by atoms with van der Waals surface area (Å²) in [6, 6.07) is 7.35. The average molecular weight is 262 g/mol. The highest BCUT2D eigenvalue weighted by Gasteiger charge is 2.46. The fraction of sp³-hybridized carbons (Fsp3) is 0.286. The average Bonchev–Trinajstić information content (AvgIpc) is 2.26. The molecule has 0 radical (unpaired) electrons. The van der Waals surface area contributed by atoms with E-state index < -0.39 is 11.4 Å². The number of carboxylic acid groups (broad SMARTS) is 1. The molecule has 1 heterocycles. The first-order valence-electron chi connectivity index (χ1n) is 5.91. The summed E-state index contributed by atoms with van der Waals surface area (Å²) in [5.41, 5.74) is 0.891. The van der Waals surface area contributed by atoms with Gasteiger partial charge in [-0.1, -0.05) is 18.0 Å². The first kappa shape index (κ1) is 11.5. The largest absolute Gasteiger partial charge is 0.481 e. The molecule has 1 aromatic heterocycles. The van der Waals surface area contributed by atoms with Crippen molar-refractivity contribution in [1.82, 2.24) is 4.98 Å². The zero-order chi connectivity index (χ0) is 12.8. The van der Waals surface area contributed by atoms with Crippen LogP contribution >= 0.6 is 11.6 Å². The Labute approximate surface area is 109 Å². The number of hydrogen-bond acceptors (Lipinski definition) is 2. The molecule has 1 N–H and O–H groups in total. The second-order valence-electron chi connectivity index (χ2n) is 4.80. The third kappa shape index (κ3) is 1.58. The molecule has 1 aromatic carbocycles. The first-order chi connectivity index (χ1) is 8.62. The van der Waals surface area contributed by atoms with Gasteiger partial charge in [0.1, 0.15) is 0 Å². The predicted molar refractivity (Wildman–Crippen MR) is 69.9 cm³/mol. The highest BCUT2D eigenvalue weighted by Crippen LogP contribution is 2.44. The summed E-state index contributed by atoms with van der Waals surface area (Å²) < 4.78 is 0. The summed E-state index contributed by atoms with van der Waals surface area (Å²) >= 11 is 5.95. The van der Waals surface area contributed by atoms with Crippen LogP contribution in [0.5, 0.6) is 0 Å². The van der Waals surface area contributed by atoms with Crippen molar-refractivity contribution in [1.29, 1.82) is 0 Å². The molecular weight excluding hydrogens is 250 g/mol. The molecule has 0 saturated heterocycles. The Morgan fingerprint density at radius 2 is 2.11 bits per heavy atom. The van der Waals surface area contributed by atoms with Crippen LogP contribution < -0.4 is 0 Å². The highest BCUT2D eigenvalue weighted by molar-refractivity contribution is 6.31. The molecule has 0 aliphatic heterocycles. The lowest BCUT2D eigenvalue weighted by molar-refractivity contribution is -0.147. The van der Waals surface area contributed by atoms with Crippen molar-refractivity contribution >= 4 is 28.5 Å². The summed E-state index contributed by atoms with van der Waals surface area (Å²) in [4.78, 5) is 15.8. The molecular formula is C14H12ClNO2. The molecule has 0 bridgehead atoms. The normalized spacial score (nSPS) is 17.4. The van der Waals surface area contributed by atoms with Crippen LogP contribution in [0.1, 0.15) is 24.8 Å². The van der Waals surface area contributed by atoms with Crippen LogP contribution in [0.15, 0.2) is 30.5 Å². The Hall–Kier alpha value is -1.61. The lowest BCUT2D eigenvalue weighted by atomic mass is 9.65. The zero-order valence-corrected chi connectivity index (χ0v) is 10.4. The second-order valence-corrected chi connectivity index (χ2v) is 5.24. The molecule has 2 aromatic rings. The van der Waals surface area contributed by atoms with E-state index >= 15 is 0 Å². The second kappa shape index (κ2) is 3.95. The number of hydrogen-bond donors (Lipinski definition) is 1. The molecule has 0 atom stereocenters. The minimum absolute atomic E-state index is 0.638. The lowest BCUT2D eigenvalue weighted by Crippen LogP contribution is -2.42. The SMILES string of the molecule is O=C(O)C1(c2cnc3ccc(Cl)cc3c2)CCC1. The number of benzene rings is 1. The van der Waals surface area contributed by atoms with Gasteiger partial charge in [-0.05, 0) is 42.7 Å². The molecule has 1 saturated carbocycles. The summed E-state index contributed by atoms with van der Waals surface area (Å²) in [5.74, 6) is -0.753. The monoisotopic (exact) mass is 261 g/mol. The van der Waals surface area contributed by atoms with Crippen LogP contribution in [-0.2, 0) is 10.2 Å².